The van der Waals surface area contributed by atoms with Crippen molar-refractivity contribution in [2.24, 2.45) is 5.73 Å². The summed E-state index contributed by atoms with van der Waals surface area (Å²) in [5.74, 6) is 0. The van der Waals surface area contributed by atoms with Crippen molar-refractivity contribution in [1.82, 2.24) is 5.32 Å². The largest absolute Gasteiger partial charge is 0.396 e. The molecule has 0 bridgehead atoms. The monoisotopic (exact) mass is 148 g/mol. The molecule has 0 aromatic heterocycles. The Balaban J connectivity index is 2.83. The first-order valence-electron chi connectivity index (χ1n) is 2.91. The van der Waals surface area contributed by atoms with Crippen LogP contribution >= 0.6 is 12.2 Å². The lowest BCUT2D eigenvalue weighted by Gasteiger charge is -2.00. The minimum absolute atomic E-state index is 0.235. The Morgan fingerprint density at radius 2 is 2.22 bits per heavy atom. The molecule has 0 saturated heterocycles. The van der Waals surface area contributed by atoms with Crippen molar-refractivity contribution in [3.8, 4) is 0 Å². The van der Waals surface area contributed by atoms with E-state index in [1.54, 1.807) is 0 Å². The number of rotatable bonds is 4. The molecule has 0 unspecified atom stereocenters. The third-order valence-electron chi connectivity index (χ3n) is 0.884. The lowest BCUT2D eigenvalue weighted by atomic mass is 10.3. The molecule has 0 aliphatic rings. The van der Waals surface area contributed by atoms with Crippen molar-refractivity contribution in [2.45, 2.75) is 12.8 Å². The van der Waals surface area contributed by atoms with Gasteiger partial charge in [0.15, 0.2) is 5.11 Å². The molecule has 0 atom stereocenters. The van der Waals surface area contributed by atoms with E-state index in [0.717, 1.165) is 19.4 Å². The van der Waals surface area contributed by atoms with Gasteiger partial charge >= 0.3 is 0 Å². The van der Waals surface area contributed by atoms with Gasteiger partial charge in [-0.05, 0) is 25.1 Å². The Morgan fingerprint density at radius 3 is 2.67 bits per heavy atom. The maximum absolute atomic E-state index is 8.34. The average Bonchev–Trinajstić information content (AvgIpc) is 1.80. The van der Waals surface area contributed by atoms with Gasteiger partial charge in [0.25, 0.3) is 0 Å². The fourth-order valence-corrected chi connectivity index (χ4v) is 0.550. The number of nitrogens with two attached hydrogens (primary N) is 1. The van der Waals surface area contributed by atoms with Crippen molar-refractivity contribution >= 4 is 17.3 Å². The fourth-order valence-electron chi connectivity index (χ4n) is 0.448. The van der Waals surface area contributed by atoms with Gasteiger partial charge in [0.1, 0.15) is 0 Å². The van der Waals surface area contributed by atoms with E-state index in [1.807, 2.05) is 0 Å². The SMILES string of the molecule is NC(=S)NCCCCO. The van der Waals surface area contributed by atoms with Gasteiger partial charge in [0, 0.05) is 13.2 Å². The minimum atomic E-state index is 0.235. The molecule has 0 aromatic rings. The first kappa shape index (κ1) is 8.65. The van der Waals surface area contributed by atoms with Crippen LogP contribution in [0.5, 0.6) is 0 Å². The van der Waals surface area contributed by atoms with Crippen molar-refractivity contribution in [1.29, 1.82) is 0 Å². The maximum Gasteiger partial charge on any atom is 0.163 e. The summed E-state index contributed by atoms with van der Waals surface area (Å²) in [7, 11) is 0. The molecule has 0 aliphatic heterocycles. The van der Waals surface area contributed by atoms with E-state index in [0.29, 0.717) is 5.11 Å². The van der Waals surface area contributed by atoms with E-state index in [-0.39, 0.29) is 6.61 Å². The molecule has 0 heterocycles. The van der Waals surface area contributed by atoms with Crippen LogP contribution in [0.2, 0.25) is 0 Å². The van der Waals surface area contributed by atoms with Crippen LogP contribution in [-0.4, -0.2) is 23.4 Å². The van der Waals surface area contributed by atoms with Crippen molar-refractivity contribution in [3.63, 3.8) is 0 Å². The maximum atomic E-state index is 8.34. The Bertz CT molecular complexity index is 87.0. The minimum Gasteiger partial charge on any atom is -0.396 e. The Morgan fingerprint density at radius 1 is 1.56 bits per heavy atom. The number of unbranched alkanes of at least 4 members (excludes halogenated alkanes) is 1. The molecule has 3 nitrogen and oxygen atoms in total. The topological polar surface area (TPSA) is 58.3 Å². The van der Waals surface area contributed by atoms with Crippen LogP contribution < -0.4 is 11.1 Å². The van der Waals surface area contributed by atoms with E-state index in [4.69, 9.17) is 10.8 Å². The highest BCUT2D eigenvalue weighted by Gasteiger charge is 1.86. The molecule has 0 amide bonds. The van der Waals surface area contributed by atoms with E-state index in [9.17, 15) is 0 Å². The second-order valence-corrected chi connectivity index (χ2v) is 2.16. The molecule has 0 spiro atoms. The van der Waals surface area contributed by atoms with Gasteiger partial charge < -0.3 is 16.2 Å². The van der Waals surface area contributed by atoms with Crippen LogP contribution in [0.3, 0.4) is 0 Å². The molecular weight excluding hydrogens is 136 g/mol. The highest BCUT2D eigenvalue weighted by molar-refractivity contribution is 7.80. The zero-order chi connectivity index (χ0) is 7.11. The number of thiocarbonyl (C=S) groups is 1. The van der Waals surface area contributed by atoms with Crippen LogP contribution in [0.4, 0.5) is 0 Å². The molecule has 4 heteroatoms. The van der Waals surface area contributed by atoms with Crippen molar-refractivity contribution < 1.29 is 5.11 Å². The van der Waals surface area contributed by atoms with Crippen molar-refractivity contribution in [2.75, 3.05) is 13.2 Å². The van der Waals surface area contributed by atoms with Gasteiger partial charge in [-0.3, -0.25) is 0 Å². The van der Waals surface area contributed by atoms with Crippen LogP contribution in [0.1, 0.15) is 12.8 Å². The van der Waals surface area contributed by atoms with Gasteiger partial charge in [0.2, 0.25) is 0 Å². The second-order valence-electron chi connectivity index (χ2n) is 1.72. The van der Waals surface area contributed by atoms with Gasteiger partial charge in [-0.2, -0.15) is 0 Å². The molecule has 0 aromatic carbocycles. The first-order valence-corrected chi connectivity index (χ1v) is 3.32. The van der Waals surface area contributed by atoms with Crippen LogP contribution in [0.15, 0.2) is 0 Å². The molecule has 0 fully saturated rings. The predicted octanol–water partition coefficient (Wildman–Crippen LogP) is -0.408. The van der Waals surface area contributed by atoms with Crippen LogP contribution in [0.25, 0.3) is 0 Å². The summed E-state index contributed by atoms with van der Waals surface area (Å²) in [6.07, 6.45) is 1.71. The summed E-state index contributed by atoms with van der Waals surface area (Å²) in [6.45, 7) is 0.995. The molecule has 9 heavy (non-hydrogen) atoms. The van der Waals surface area contributed by atoms with Crippen molar-refractivity contribution in [3.05, 3.63) is 0 Å². The van der Waals surface area contributed by atoms with E-state index in [1.165, 1.54) is 0 Å². The molecule has 0 rings (SSSR count). The average molecular weight is 148 g/mol. The zero-order valence-corrected chi connectivity index (χ0v) is 6.08. The fraction of sp³-hybridized carbons (Fsp3) is 0.800. The Hall–Kier alpha value is -0.350. The third-order valence-corrected chi connectivity index (χ3v) is 1.03. The van der Waals surface area contributed by atoms with Crippen LogP contribution in [0, 0.1) is 0 Å². The van der Waals surface area contributed by atoms with Gasteiger partial charge in [-0.15, -0.1) is 0 Å². The number of aliphatic hydroxyl groups excluding tert-OH is 1. The summed E-state index contributed by atoms with van der Waals surface area (Å²) in [5.41, 5.74) is 5.13. The molecular formula is C5H12N2OS. The summed E-state index contributed by atoms with van der Waals surface area (Å²) in [5, 5.41) is 11.4. The quantitative estimate of drug-likeness (QED) is 0.375. The van der Waals surface area contributed by atoms with E-state index >= 15 is 0 Å². The Labute approximate surface area is 60.2 Å². The van der Waals surface area contributed by atoms with Gasteiger partial charge in [0.05, 0.1) is 0 Å². The second kappa shape index (κ2) is 5.78. The molecule has 0 saturated carbocycles. The third kappa shape index (κ3) is 7.65. The summed E-state index contributed by atoms with van der Waals surface area (Å²) in [4.78, 5) is 0. The lowest BCUT2D eigenvalue weighted by Crippen LogP contribution is -2.29. The highest BCUT2D eigenvalue weighted by Crippen LogP contribution is 1.82. The molecule has 4 N–H and O–H groups in total. The van der Waals surface area contributed by atoms with E-state index < -0.39 is 0 Å². The van der Waals surface area contributed by atoms with Gasteiger partial charge in [-0.25, -0.2) is 0 Å². The summed E-state index contributed by atoms with van der Waals surface area (Å²) in [6, 6.07) is 0. The van der Waals surface area contributed by atoms with Crippen LogP contribution in [-0.2, 0) is 0 Å². The lowest BCUT2D eigenvalue weighted by molar-refractivity contribution is 0.285. The highest BCUT2D eigenvalue weighted by atomic mass is 32.1. The smallest absolute Gasteiger partial charge is 0.163 e. The number of nitrogens with one attached hydrogen (secondary N) is 1. The summed E-state index contributed by atoms with van der Waals surface area (Å²) >= 11 is 4.55. The summed E-state index contributed by atoms with van der Waals surface area (Å²) < 4.78 is 0. The number of hydrogen-bond donors (Lipinski definition) is 3. The molecule has 0 aliphatic carbocycles. The normalized spacial score (nSPS) is 9.00. The standard InChI is InChI=1S/C5H12N2OS/c6-5(9)7-3-1-2-4-8/h8H,1-4H2,(H3,6,7,9). The zero-order valence-electron chi connectivity index (χ0n) is 5.26. The Kier molecular flexibility index (Phi) is 5.56. The first-order chi connectivity index (χ1) is 4.27. The molecule has 54 valence electrons. The molecule has 0 radical (unpaired) electrons. The van der Waals surface area contributed by atoms with E-state index in [2.05, 4.69) is 17.5 Å². The number of aliphatic hydroxyl groups is 1. The predicted molar refractivity (Wildman–Crippen MR) is 41.1 cm³/mol. The van der Waals surface area contributed by atoms with Gasteiger partial charge in [-0.1, -0.05) is 0 Å². The number of hydrogen-bond acceptors (Lipinski definition) is 2.